The molecule has 1 N–H and O–H groups in total. The van der Waals surface area contributed by atoms with Gasteiger partial charge in [0.05, 0.1) is 0 Å². The van der Waals surface area contributed by atoms with Gasteiger partial charge < -0.3 is 10.2 Å². The van der Waals surface area contributed by atoms with Crippen LogP contribution in [-0.4, -0.2) is 60.6 Å². The van der Waals surface area contributed by atoms with Crippen LogP contribution in [0.1, 0.15) is 59.3 Å². The lowest BCUT2D eigenvalue weighted by Gasteiger charge is -2.41. The van der Waals surface area contributed by atoms with Crippen molar-refractivity contribution in [3.63, 3.8) is 0 Å². The van der Waals surface area contributed by atoms with Crippen molar-refractivity contribution < 1.29 is 0 Å². The Balaban J connectivity index is 1.50. The van der Waals surface area contributed by atoms with Crippen molar-refractivity contribution in [2.75, 3.05) is 39.3 Å². The molecular weight excluding hydrogens is 258 g/mol. The molecule has 0 aromatic rings. The maximum absolute atomic E-state index is 3.79. The van der Waals surface area contributed by atoms with E-state index in [0.29, 0.717) is 5.41 Å². The van der Waals surface area contributed by atoms with Crippen LogP contribution in [0, 0.1) is 5.41 Å². The molecule has 122 valence electrons. The monoisotopic (exact) mass is 293 g/mol. The SMILES string of the molecule is CC(C)(C)NCC1(CN2CCN(C3CC3)CC2)CCCC1. The lowest BCUT2D eigenvalue weighted by Crippen LogP contribution is -2.53. The van der Waals surface area contributed by atoms with E-state index in [-0.39, 0.29) is 5.54 Å². The van der Waals surface area contributed by atoms with Crippen LogP contribution in [0.5, 0.6) is 0 Å². The Morgan fingerprint density at radius 1 is 1.00 bits per heavy atom. The largest absolute Gasteiger partial charge is 0.311 e. The van der Waals surface area contributed by atoms with Crippen molar-refractivity contribution in [2.24, 2.45) is 5.41 Å². The molecule has 0 bridgehead atoms. The van der Waals surface area contributed by atoms with E-state index in [0.717, 1.165) is 6.04 Å². The molecule has 0 spiro atoms. The molecular formula is C18H35N3. The first-order valence-electron chi connectivity index (χ1n) is 9.17. The molecule has 1 aliphatic heterocycles. The second-order valence-electron chi connectivity index (χ2n) is 8.85. The zero-order valence-electron chi connectivity index (χ0n) is 14.5. The van der Waals surface area contributed by atoms with E-state index < -0.39 is 0 Å². The molecule has 0 atom stereocenters. The molecule has 21 heavy (non-hydrogen) atoms. The Kier molecular flexibility index (Phi) is 4.63. The summed E-state index contributed by atoms with van der Waals surface area (Å²) in [6.07, 6.45) is 8.65. The Labute approximate surface area is 131 Å². The van der Waals surface area contributed by atoms with Gasteiger partial charge >= 0.3 is 0 Å². The minimum Gasteiger partial charge on any atom is -0.311 e. The summed E-state index contributed by atoms with van der Waals surface area (Å²) in [7, 11) is 0. The summed E-state index contributed by atoms with van der Waals surface area (Å²) in [6.45, 7) is 14.6. The first kappa shape index (κ1) is 15.8. The molecule has 2 aliphatic carbocycles. The van der Waals surface area contributed by atoms with Crippen molar-refractivity contribution in [1.82, 2.24) is 15.1 Å². The Morgan fingerprint density at radius 2 is 1.62 bits per heavy atom. The normalized spacial score (nSPS) is 28.1. The van der Waals surface area contributed by atoms with Crippen molar-refractivity contribution >= 4 is 0 Å². The fourth-order valence-electron chi connectivity index (χ4n) is 4.17. The summed E-state index contributed by atoms with van der Waals surface area (Å²) < 4.78 is 0. The number of hydrogen-bond acceptors (Lipinski definition) is 3. The zero-order chi connectivity index (χ0) is 14.9. The maximum atomic E-state index is 3.79. The maximum Gasteiger partial charge on any atom is 0.0113 e. The average molecular weight is 293 g/mol. The molecule has 0 aromatic heterocycles. The van der Waals surface area contributed by atoms with Crippen LogP contribution in [0.3, 0.4) is 0 Å². The van der Waals surface area contributed by atoms with Gasteiger partial charge in [0, 0.05) is 50.8 Å². The van der Waals surface area contributed by atoms with E-state index in [9.17, 15) is 0 Å². The Bertz CT molecular complexity index is 329. The molecule has 3 rings (SSSR count). The van der Waals surface area contributed by atoms with Crippen LogP contribution in [0.25, 0.3) is 0 Å². The van der Waals surface area contributed by atoms with E-state index in [1.54, 1.807) is 0 Å². The van der Waals surface area contributed by atoms with Crippen molar-refractivity contribution in [2.45, 2.75) is 70.9 Å². The van der Waals surface area contributed by atoms with Crippen LogP contribution < -0.4 is 5.32 Å². The number of piperazine rings is 1. The fraction of sp³-hybridized carbons (Fsp3) is 1.00. The second-order valence-corrected chi connectivity index (χ2v) is 8.85. The summed E-state index contributed by atoms with van der Waals surface area (Å²) in [5.41, 5.74) is 0.801. The molecule has 1 saturated heterocycles. The summed E-state index contributed by atoms with van der Waals surface area (Å²) in [5, 5.41) is 3.79. The molecule has 3 aliphatic rings. The average Bonchev–Trinajstić information content (AvgIpc) is 3.18. The molecule has 1 heterocycles. The highest BCUT2D eigenvalue weighted by atomic mass is 15.3. The first-order chi connectivity index (χ1) is 9.96. The topological polar surface area (TPSA) is 18.5 Å². The van der Waals surface area contributed by atoms with E-state index in [1.807, 2.05) is 0 Å². The number of nitrogens with one attached hydrogen (secondary N) is 1. The summed E-state index contributed by atoms with van der Waals surface area (Å²) >= 11 is 0. The van der Waals surface area contributed by atoms with E-state index in [4.69, 9.17) is 0 Å². The van der Waals surface area contributed by atoms with E-state index in [1.165, 1.54) is 77.8 Å². The van der Waals surface area contributed by atoms with Gasteiger partial charge in [-0.15, -0.1) is 0 Å². The highest BCUT2D eigenvalue weighted by Crippen LogP contribution is 2.39. The van der Waals surface area contributed by atoms with Crippen LogP contribution in [0.2, 0.25) is 0 Å². The van der Waals surface area contributed by atoms with Gasteiger partial charge in [0.25, 0.3) is 0 Å². The zero-order valence-corrected chi connectivity index (χ0v) is 14.5. The minimum absolute atomic E-state index is 0.250. The van der Waals surface area contributed by atoms with Gasteiger partial charge in [0.15, 0.2) is 0 Å². The minimum atomic E-state index is 0.250. The van der Waals surface area contributed by atoms with Crippen molar-refractivity contribution in [1.29, 1.82) is 0 Å². The van der Waals surface area contributed by atoms with Gasteiger partial charge in [0.1, 0.15) is 0 Å². The predicted octanol–water partition coefficient (Wildman–Crippen LogP) is 2.71. The van der Waals surface area contributed by atoms with Crippen molar-refractivity contribution in [3.8, 4) is 0 Å². The summed E-state index contributed by atoms with van der Waals surface area (Å²) in [5.74, 6) is 0. The molecule has 3 heteroatoms. The van der Waals surface area contributed by atoms with Gasteiger partial charge in [-0.2, -0.15) is 0 Å². The smallest absolute Gasteiger partial charge is 0.0113 e. The lowest BCUT2D eigenvalue weighted by molar-refractivity contribution is 0.0786. The van der Waals surface area contributed by atoms with E-state index in [2.05, 4.69) is 35.9 Å². The van der Waals surface area contributed by atoms with Crippen LogP contribution in [-0.2, 0) is 0 Å². The second kappa shape index (κ2) is 6.17. The highest BCUT2D eigenvalue weighted by molar-refractivity contribution is 4.93. The molecule has 0 unspecified atom stereocenters. The molecule has 3 fully saturated rings. The van der Waals surface area contributed by atoms with Crippen molar-refractivity contribution in [3.05, 3.63) is 0 Å². The number of rotatable bonds is 5. The Morgan fingerprint density at radius 3 is 2.14 bits per heavy atom. The number of nitrogens with zero attached hydrogens (tertiary/aromatic N) is 2. The number of hydrogen-bond donors (Lipinski definition) is 1. The third kappa shape index (κ3) is 4.43. The van der Waals surface area contributed by atoms with Gasteiger partial charge in [0.2, 0.25) is 0 Å². The molecule has 0 radical (unpaired) electrons. The molecule has 2 saturated carbocycles. The van der Waals surface area contributed by atoms with Gasteiger partial charge in [-0.25, -0.2) is 0 Å². The molecule has 3 nitrogen and oxygen atoms in total. The summed E-state index contributed by atoms with van der Waals surface area (Å²) in [6, 6.07) is 0.954. The van der Waals surface area contributed by atoms with E-state index >= 15 is 0 Å². The van der Waals surface area contributed by atoms with Gasteiger partial charge in [-0.05, 0) is 51.9 Å². The first-order valence-corrected chi connectivity index (χ1v) is 9.17. The third-order valence-corrected chi connectivity index (χ3v) is 5.69. The summed E-state index contributed by atoms with van der Waals surface area (Å²) in [4.78, 5) is 5.49. The molecule has 0 amide bonds. The fourth-order valence-corrected chi connectivity index (χ4v) is 4.17. The lowest BCUT2D eigenvalue weighted by atomic mass is 9.84. The van der Waals surface area contributed by atoms with Crippen LogP contribution in [0.15, 0.2) is 0 Å². The quantitative estimate of drug-likeness (QED) is 0.841. The van der Waals surface area contributed by atoms with Gasteiger partial charge in [-0.1, -0.05) is 12.8 Å². The Hall–Kier alpha value is -0.120. The predicted molar refractivity (Wildman–Crippen MR) is 89.7 cm³/mol. The van der Waals surface area contributed by atoms with Gasteiger partial charge in [-0.3, -0.25) is 4.90 Å². The highest BCUT2D eigenvalue weighted by Gasteiger charge is 2.38. The third-order valence-electron chi connectivity index (χ3n) is 5.69. The molecule has 0 aromatic carbocycles. The van der Waals surface area contributed by atoms with Crippen LogP contribution in [0.4, 0.5) is 0 Å². The van der Waals surface area contributed by atoms with Crippen LogP contribution >= 0.6 is 0 Å². The standard InChI is InChI=1S/C18H35N3/c1-17(2,3)19-14-18(8-4-5-9-18)15-20-10-12-21(13-11-20)16-6-7-16/h16,19H,4-15H2,1-3H3.